The van der Waals surface area contributed by atoms with Crippen LogP contribution in [0.5, 0.6) is 0 Å². The summed E-state index contributed by atoms with van der Waals surface area (Å²) in [6.07, 6.45) is 9.37. The van der Waals surface area contributed by atoms with Gasteiger partial charge in [-0.15, -0.1) is 0 Å². The van der Waals surface area contributed by atoms with Gasteiger partial charge in [0, 0.05) is 32.2 Å². The number of hydrogen-bond acceptors (Lipinski definition) is 5. The van der Waals surface area contributed by atoms with Crippen molar-refractivity contribution >= 4 is 16.9 Å². The molecule has 1 N–H and O–H groups in total. The van der Waals surface area contributed by atoms with Crippen molar-refractivity contribution < 1.29 is 0 Å². The summed E-state index contributed by atoms with van der Waals surface area (Å²) in [5.41, 5.74) is 0.834. The normalized spacial score (nSPS) is 32.2. The average Bonchev–Trinajstić information content (AvgIpc) is 3.30. The zero-order chi connectivity index (χ0) is 14.5. The van der Waals surface area contributed by atoms with Crippen LogP contribution in [0.25, 0.3) is 11.0 Å². The molecule has 2 aromatic heterocycles. The molecule has 3 aliphatic rings. The maximum Gasteiger partial charge on any atom is 0.160 e. The molecular formula is C16H22N6. The lowest BCUT2D eigenvalue weighted by Gasteiger charge is -2.41. The van der Waals surface area contributed by atoms with Gasteiger partial charge in [0.1, 0.15) is 12.1 Å². The topological polar surface area (TPSA) is 60.9 Å². The van der Waals surface area contributed by atoms with Gasteiger partial charge in [0.15, 0.2) is 5.65 Å². The minimum Gasteiger partial charge on any atom is -0.353 e. The van der Waals surface area contributed by atoms with E-state index in [9.17, 15) is 0 Å². The van der Waals surface area contributed by atoms with Gasteiger partial charge in [-0.3, -0.25) is 10.00 Å². The Morgan fingerprint density at radius 2 is 1.95 bits per heavy atom. The Labute approximate surface area is 129 Å². The molecule has 2 saturated carbocycles. The van der Waals surface area contributed by atoms with Crippen LogP contribution in [0, 0.1) is 11.8 Å². The number of rotatable bonds is 2. The Morgan fingerprint density at radius 3 is 2.73 bits per heavy atom. The van der Waals surface area contributed by atoms with Gasteiger partial charge in [0.05, 0.1) is 11.6 Å². The van der Waals surface area contributed by atoms with Crippen molar-refractivity contribution in [2.75, 3.05) is 31.1 Å². The zero-order valence-electron chi connectivity index (χ0n) is 12.8. The molecule has 3 fully saturated rings. The number of hydrogen-bond donors (Lipinski definition) is 1. The lowest BCUT2D eigenvalue weighted by Crippen LogP contribution is -2.52. The van der Waals surface area contributed by atoms with Crippen molar-refractivity contribution in [1.29, 1.82) is 0 Å². The third-order valence-corrected chi connectivity index (χ3v) is 6.01. The Hall–Kier alpha value is -1.69. The van der Waals surface area contributed by atoms with Crippen molar-refractivity contribution in [2.24, 2.45) is 11.8 Å². The highest BCUT2D eigenvalue weighted by atomic mass is 15.3. The standard InChI is InChI=1S/C16H22N6/c1-2-12-7-11(1)8-14(12)21-3-5-22(6-4-21)16-13-9-19-20-15(13)17-10-18-16/h9-12,14H,1-8H2,(H,17,18,19,20). The van der Waals surface area contributed by atoms with Crippen LogP contribution in [0.3, 0.4) is 0 Å². The van der Waals surface area contributed by atoms with E-state index < -0.39 is 0 Å². The lowest BCUT2D eigenvalue weighted by atomic mass is 9.93. The average molecular weight is 298 g/mol. The second-order valence-electron chi connectivity index (χ2n) is 7.09. The number of nitrogens with one attached hydrogen (secondary N) is 1. The summed E-state index contributed by atoms with van der Waals surface area (Å²) >= 11 is 0. The maximum atomic E-state index is 4.50. The largest absolute Gasteiger partial charge is 0.353 e. The predicted molar refractivity (Wildman–Crippen MR) is 84.7 cm³/mol. The summed E-state index contributed by atoms with van der Waals surface area (Å²) in [6.45, 7) is 4.45. The van der Waals surface area contributed by atoms with E-state index in [4.69, 9.17) is 0 Å². The summed E-state index contributed by atoms with van der Waals surface area (Å²) in [6, 6.07) is 0.861. The Morgan fingerprint density at radius 1 is 1.05 bits per heavy atom. The fraction of sp³-hybridized carbons (Fsp3) is 0.688. The highest BCUT2D eigenvalue weighted by Gasteiger charge is 2.42. The highest BCUT2D eigenvalue weighted by Crippen LogP contribution is 2.46. The van der Waals surface area contributed by atoms with E-state index in [0.29, 0.717) is 0 Å². The van der Waals surface area contributed by atoms with Crippen molar-refractivity contribution in [3.05, 3.63) is 12.5 Å². The molecule has 2 aromatic rings. The van der Waals surface area contributed by atoms with Gasteiger partial charge in [-0.25, -0.2) is 9.97 Å². The van der Waals surface area contributed by atoms with Crippen LogP contribution in [-0.4, -0.2) is 57.3 Å². The van der Waals surface area contributed by atoms with E-state index in [0.717, 1.165) is 60.9 Å². The molecule has 0 amide bonds. The van der Waals surface area contributed by atoms with Crippen LogP contribution >= 0.6 is 0 Å². The van der Waals surface area contributed by atoms with E-state index in [-0.39, 0.29) is 0 Å². The molecule has 0 aromatic carbocycles. The number of aromatic amines is 1. The van der Waals surface area contributed by atoms with E-state index in [1.54, 1.807) is 6.33 Å². The molecule has 2 bridgehead atoms. The van der Waals surface area contributed by atoms with Crippen molar-refractivity contribution in [3.8, 4) is 0 Å². The minimum atomic E-state index is 0.834. The number of nitrogens with zero attached hydrogens (tertiary/aromatic N) is 5. The van der Waals surface area contributed by atoms with Crippen LogP contribution in [0.15, 0.2) is 12.5 Å². The second-order valence-corrected chi connectivity index (χ2v) is 7.09. The number of piperazine rings is 1. The van der Waals surface area contributed by atoms with Crippen molar-refractivity contribution in [1.82, 2.24) is 25.1 Å². The SMILES string of the molecule is c1nc(N2CCN(C3CC4CCC3C4)CC2)c2cn[nH]c2n1. The van der Waals surface area contributed by atoms with Crippen LogP contribution in [0.4, 0.5) is 5.82 Å². The van der Waals surface area contributed by atoms with Crippen LogP contribution in [0.2, 0.25) is 0 Å². The summed E-state index contributed by atoms with van der Waals surface area (Å²) < 4.78 is 0. The molecule has 116 valence electrons. The van der Waals surface area contributed by atoms with Gasteiger partial charge in [-0.05, 0) is 31.1 Å². The smallest absolute Gasteiger partial charge is 0.160 e. The molecule has 22 heavy (non-hydrogen) atoms. The number of anilines is 1. The molecule has 2 aliphatic carbocycles. The lowest BCUT2D eigenvalue weighted by molar-refractivity contribution is 0.135. The summed E-state index contributed by atoms with van der Waals surface area (Å²) in [5, 5.41) is 8.07. The third kappa shape index (κ3) is 1.93. The first-order valence-electron chi connectivity index (χ1n) is 8.51. The van der Waals surface area contributed by atoms with Gasteiger partial charge < -0.3 is 4.90 Å². The quantitative estimate of drug-likeness (QED) is 0.914. The summed E-state index contributed by atoms with van der Waals surface area (Å²) in [5.74, 6) is 3.04. The second kappa shape index (κ2) is 4.91. The molecule has 1 aliphatic heterocycles. The number of fused-ring (bicyclic) bond motifs is 3. The van der Waals surface area contributed by atoms with Crippen LogP contribution in [0.1, 0.15) is 25.7 Å². The van der Waals surface area contributed by atoms with Gasteiger partial charge in [-0.2, -0.15) is 5.10 Å². The third-order valence-electron chi connectivity index (χ3n) is 6.01. The van der Waals surface area contributed by atoms with Gasteiger partial charge >= 0.3 is 0 Å². The zero-order valence-corrected chi connectivity index (χ0v) is 12.8. The van der Waals surface area contributed by atoms with E-state index in [1.165, 1.54) is 25.7 Å². The minimum absolute atomic E-state index is 0.834. The number of H-pyrrole nitrogens is 1. The van der Waals surface area contributed by atoms with Crippen molar-refractivity contribution in [2.45, 2.75) is 31.7 Å². The Bertz CT molecular complexity index is 674. The first kappa shape index (κ1) is 12.8. The molecule has 5 rings (SSSR count). The summed E-state index contributed by atoms with van der Waals surface area (Å²) in [7, 11) is 0. The fourth-order valence-corrected chi connectivity index (χ4v) is 4.93. The molecule has 0 radical (unpaired) electrons. The molecule has 6 nitrogen and oxygen atoms in total. The van der Waals surface area contributed by atoms with Crippen LogP contribution < -0.4 is 4.90 Å². The van der Waals surface area contributed by atoms with Gasteiger partial charge in [0.25, 0.3) is 0 Å². The van der Waals surface area contributed by atoms with E-state index in [1.807, 2.05) is 6.20 Å². The first-order chi connectivity index (χ1) is 10.9. The highest BCUT2D eigenvalue weighted by molar-refractivity contribution is 5.86. The van der Waals surface area contributed by atoms with Crippen molar-refractivity contribution in [3.63, 3.8) is 0 Å². The molecule has 0 spiro atoms. The Balaban J connectivity index is 1.31. The van der Waals surface area contributed by atoms with Gasteiger partial charge in [-0.1, -0.05) is 6.42 Å². The molecule has 6 heteroatoms. The number of aromatic nitrogens is 4. The maximum absolute atomic E-state index is 4.50. The fourth-order valence-electron chi connectivity index (χ4n) is 4.93. The van der Waals surface area contributed by atoms with Crippen LogP contribution in [-0.2, 0) is 0 Å². The molecule has 3 atom stereocenters. The first-order valence-corrected chi connectivity index (χ1v) is 8.51. The monoisotopic (exact) mass is 298 g/mol. The van der Waals surface area contributed by atoms with E-state index in [2.05, 4.69) is 30.0 Å². The predicted octanol–water partition coefficient (Wildman–Crippen LogP) is 1.66. The van der Waals surface area contributed by atoms with Gasteiger partial charge in [0.2, 0.25) is 0 Å². The molecule has 3 heterocycles. The Kier molecular flexibility index (Phi) is 2.86. The molecular weight excluding hydrogens is 276 g/mol. The molecule has 3 unspecified atom stereocenters. The summed E-state index contributed by atoms with van der Waals surface area (Å²) in [4.78, 5) is 13.9. The molecule has 1 saturated heterocycles. The van der Waals surface area contributed by atoms with E-state index >= 15 is 0 Å².